The average molecular weight is 448 g/mol. The van der Waals surface area contributed by atoms with Crippen LogP contribution in [-0.2, 0) is 4.74 Å². The maximum atomic E-state index is 15.6. The maximum Gasteiger partial charge on any atom is 0.341 e. The third-order valence-corrected chi connectivity index (χ3v) is 7.38. The molecule has 1 saturated heterocycles. The summed E-state index contributed by atoms with van der Waals surface area (Å²) in [6.07, 6.45) is 1.74. The van der Waals surface area contributed by atoms with Crippen LogP contribution in [0.4, 0.5) is 20.2 Å². The lowest BCUT2D eigenvalue weighted by Gasteiger charge is -2.26. The molecule has 32 heavy (non-hydrogen) atoms. The fraction of sp³-hybridized carbons (Fsp3) is 0.545. The summed E-state index contributed by atoms with van der Waals surface area (Å²) in [4.78, 5) is 26.4. The molecule has 4 unspecified atom stereocenters. The smallest absolute Gasteiger partial charge is 0.341 e. The lowest BCUT2D eigenvalue weighted by molar-refractivity contribution is 0.0693. The number of nitrogens with two attached hydrogens (primary N) is 2. The molecule has 8 nitrogen and oxygen atoms in total. The first-order chi connectivity index (χ1) is 15.1. The number of aryl methyl sites for hydroxylation is 1. The summed E-state index contributed by atoms with van der Waals surface area (Å²) in [6.45, 7) is 2.51. The van der Waals surface area contributed by atoms with E-state index >= 15 is 4.39 Å². The van der Waals surface area contributed by atoms with E-state index < -0.39 is 40.7 Å². The zero-order valence-corrected chi connectivity index (χ0v) is 17.9. The van der Waals surface area contributed by atoms with Crippen LogP contribution >= 0.6 is 0 Å². The summed E-state index contributed by atoms with van der Waals surface area (Å²) in [6, 6.07) is -0.621. The highest BCUT2D eigenvalue weighted by Crippen LogP contribution is 2.48. The van der Waals surface area contributed by atoms with Crippen LogP contribution in [0.3, 0.4) is 0 Å². The SMILES string of the molecule is COC1CN(c2c(F)c(N)c3c(=O)c(C(=O)O)cn(C4CC4F)c3c2C)CC1C1(N)CC1. The van der Waals surface area contributed by atoms with E-state index in [1.807, 2.05) is 4.90 Å². The third kappa shape index (κ3) is 2.92. The van der Waals surface area contributed by atoms with Crippen molar-refractivity contribution in [2.45, 2.75) is 50.0 Å². The van der Waals surface area contributed by atoms with Crippen molar-refractivity contribution in [3.05, 3.63) is 33.4 Å². The number of nitrogen functional groups attached to an aromatic ring is 1. The highest BCUT2D eigenvalue weighted by Gasteiger charge is 2.53. The fourth-order valence-corrected chi connectivity index (χ4v) is 5.27. The van der Waals surface area contributed by atoms with Gasteiger partial charge in [0.15, 0.2) is 5.82 Å². The molecule has 1 aromatic heterocycles. The second kappa shape index (κ2) is 6.89. The molecule has 0 radical (unpaired) electrons. The van der Waals surface area contributed by atoms with Crippen LogP contribution in [0, 0.1) is 18.7 Å². The standard InChI is InChI=1S/C22H26F2N4O4/c1-9-18-15(20(29)10(21(30)31)6-28(18)13-5-12(13)23)17(25)16(24)19(9)27-7-11(14(8-27)32-2)22(26)3-4-22/h6,11-14H,3-5,7-8,25-26H2,1-2H3,(H,30,31). The molecule has 5 N–H and O–H groups in total. The van der Waals surface area contributed by atoms with E-state index in [0.29, 0.717) is 18.7 Å². The average Bonchev–Trinajstić information content (AvgIpc) is 3.62. The number of halogens is 2. The number of hydrogen-bond donors (Lipinski definition) is 3. The number of benzene rings is 1. The topological polar surface area (TPSA) is 124 Å². The molecule has 1 aliphatic heterocycles. The number of aromatic carboxylic acids is 1. The van der Waals surface area contributed by atoms with Crippen molar-refractivity contribution in [1.82, 2.24) is 4.57 Å². The van der Waals surface area contributed by atoms with Gasteiger partial charge in [-0.05, 0) is 25.3 Å². The van der Waals surface area contributed by atoms with Gasteiger partial charge in [0.25, 0.3) is 0 Å². The number of hydrogen-bond acceptors (Lipinski definition) is 6. The molecule has 2 aromatic rings. The van der Waals surface area contributed by atoms with E-state index in [9.17, 15) is 19.1 Å². The van der Waals surface area contributed by atoms with Crippen LogP contribution in [0.5, 0.6) is 0 Å². The summed E-state index contributed by atoms with van der Waals surface area (Å²) in [5.74, 6) is -2.24. The Morgan fingerprint density at radius 3 is 2.53 bits per heavy atom. The Kier molecular flexibility index (Phi) is 4.55. The number of carboxylic acids is 1. The van der Waals surface area contributed by atoms with E-state index in [4.69, 9.17) is 16.2 Å². The number of alkyl halides is 1. The Labute approximate surface area is 182 Å². The number of rotatable bonds is 5. The number of fused-ring (bicyclic) bond motifs is 1. The number of anilines is 2. The highest BCUT2D eigenvalue weighted by molar-refractivity contribution is 6.01. The number of aromatic nitrogens is 1. The Morgan fingerprint density at radius 2 is 2.00 bits per heavy atom. The lowest BCUT2D eigenvalue weighted by atomic mass is 9.95. The molecule has 0 bridgehead atoms. The minimum Gasteiger partial charge on any atom is -0.477 e. The molecule has 1 aromatic carbocycles. The number of ether oxygens (including phenoxy) is 1. The molecule has 3 aliphatic rings. The van der Waals surface area contributed by atoms with Gasteiger partial charge in [-0.15, -0.1) is 0 Å². The predicted molar refractivity (Wildman–Crippen MR) is 115 cm³/mol. The highest BCUT2D eigenvalue weighted by atomic mass is 19.1. The molecular weight excluding hydrogens is 422 g/mol. The van der Waals surface area contributed by atoms with Crippen LogP contribution in [0.2, 0.25) is 0 Å². The van der Waals surface area contributed by atoms with E-state index in [0.717, 1.165) is 19.0 Å². The fourth-order valence-electron chi connectivity index (χ4n) is 5.27. The molecule has 10 heteroatoms. The normalized spacial score (nSPS) is 28.3. The molecule has 2 saturated carbocycles. The molecule has 2 heterocycles. The van der Waals surface area contributed by atoms with E-state index in [2.05, 4.69) is 0 Å². The number of nitrogens with zero attached hydrogens (tertiary/aromatic N) is 2. The lowest BCUT2D eigenvalue weighted by Crippen LogP contribution is -2.40. The van der Waals surface area contributed by atoms with Gasteiger partial charge >= 0.3 is 5.97 Å². The van der Waals surface area contributed by atoms with Crippen molar-refractivity contribution in [1.29, 1.82) is 0 Å². The van der Waals surface area contributed by atoms with Crippen molar-refractivity contribution in [3.8, 4) is 0 Å². The van der Waals surface area contributed by atoms with Crippen molar-refractivity contribution in [2.24, 2.45) is 11.7 Å². The van der Waals surface area contributed by atoms with Crippen LogP contribution < -0.4 is 21.8 Å². The minimum atomic E-state index is -1.47. The molecule has 4 atom stereocenters. The Bertz CT molecular complexity index is 1210. The summed E-state index contributed by atoms with van der Waals surface area (Å²) in [7, 11) is 1.60. The van der Waals surface area contributed by atoms with Gasteiger partial charge in [-0.3, -0.25) is 4.79 Å². The summed E-state index contributed by atoms with van der Waals surface area (Å²) >= 11 is 0. The Hall–Kier alpha value is -2.72. The van der Waals surface area contributed by atoms with Crippen LogP contribution in [0.15, 0.2) is 11.0 Å². The molecular formula is C22H26F2N4O4. The van der Waals surface area contributed by atoms with Gasteiger partial charge in [0, 0.05) is 44.3 Å². The van der Waals surface area contributed by atoms with Gasteiger partial charge in [-0.25, -0.2) is 13.6 Å². The molecule has 2 aliphatic carbocycles. The summed E-state index contributed by atoms with van der Waals surface area (Å²) in [5.41, 5.74) is 11.2. The van der Waals surface area contributed by atoms with Crippen molar-refractivity contribution >= 4 is 28.2 Å². The minimum absolute atomic E-state index is 0.0125. The second-order valence-electron chi connectivity index (χ2n) is 9.35. The first-order valence-electron chi connectivity index (χ1n) is 10.7. The van der Waals surface area contributed by atoms with E-state index in [1.54, 1.807) is 14.0 Å². The van der Waals surface area contributed by atoms with Gasteiger partial charge in [0.1, 0.15) is 11.7 Å². The number of pyridine rings is 1. The van der Waals surface area contributed by atoms with Crippen LogP contribution in [0.1, 0.15) is 41.2 Å². The van der Waals surface area contributed by atoms with E-state index in [1.165, 1.54) is 4.57 Å². The van der Waals surface area contributed by atoms with Crippen molar-refractivity contribution < 1.29 is 23.4 Å². The quantitative estimate of drug-likeness (QED) is 0.598. The Balaban J connectivity index is 1.73. The van der Waals surface area contributed by atoms with Crippen molar-refractivity contribution in [3.63, 3.8) is 0 Å². The largest absolute Gasteiger partial charge is 0.477 e. The molecule has 5 rings (SSSR count). The third-order valence-electron chi connectivity index (χ3n) is 7.38. The molecule has 0 amide bonds. The zero-order chi connectivity index (χ0) is 23.1. The van der Waals surface area contributed by atoms with Gasteiger partial charge in [0.05, 0.1) is 34.4 Å². The number of carbonyl (C=O) groups is 1. The van der Waals surface area contributed by atoms with Crippen LogP contribution in [0.25, 0.3) is 10.9 Å². The second-order valence-corrected chi connectivity index (χ2v) is 9.35. The molecule has 0 spiro atoms. The monoisotopic (exact) mass is 448 g/mol. The van der Waals surface area contributed by atoms with Gasteiger partial charge < -0.3 is 30.8 Å². The van der Waals surface area contributed by atoms with Gasteiger partial charge in [-0.2, -0.15) is 0 Å². The van der Waals surface area contributed by atoms with E-state index in [-0.39, 0.29) is 40.6 Å². The first-order valence-corrected chi connectivity index (χ1v) is 10.7. The number of carboxylic acid groups (broad SMARTS) is 1. The van der Waals surface area contributed by atoms with Crippen molar-refractivity contribution in [2.75, 3.05) is 30.8 Å². The van der Waals surface area contributed by atoms with Crippen LogP contribution in [-0.4, -0.2) is 53.7 Å². The first kappa shape index (κ1) is 21.1. The predicted octanol–water partition coefficient (Wildman–Crippen LogP) is 1.95. The summed E-state index contributed by atoms with van der Waals surface area (Å²) in [5, 5.41) is 9.24. The Morgan fingerprint density at radius 1 is 1.34 bits per heavy atom. The van der Waals surface area contributed by atoms with Gasteiger partial charge in [-0.1, -0.05) is 0 Å². The maximum absolute atomic E-state index is 15.6. The number of methoxy groups -OCH3 is 1. The summed E-state index contributed by atoms with van der Waals surface area (Å²) < 4.78 is 36.8. The zero-order valence-electron chi connectivity index (χ0n) is 17.9. The van der Waals surface area contributed by atoms with Gasteiger partial charge in [0.2, 0.25) is 5.43 Å². The molecule has 3 fully saturated rings. The molecule has 172 valence electrons.